The van der Waals surface area contributed by atoms with Crippen LogP contribution in [0.5, 0.6) is 0 Å². The Kier molecular flexibility index (Phi) is 3.60. The van der Waals surface area contributed by atoms with Crippen molar-refractivity contribution in [1.82, 2.24) is 4.98 Å². The van der Waals surface area contributed by atoms with Gasteiger partial charge in [0.05, 0.1) is 19.0 Å². The molecule has 3 nitrogen and oxygen atoms in total. The van der Waals surface area contributed by atoms with Gasteiger partial charge in [0.25, 0.3) is 0 Å². The van der Waals surface area contributed by atoms with E-state index in [1.807, 2.05) is 25.1 Å². The van der Waals surface area contributed by atoms with E-state index in [9.17, 15) is 4.79 Å². The fraction of sp³-hybridized carbons (Fsp3) is 0.333. The number of rotatable bonds is 3. The lowest BCUT2D eigenvalue weighted by Crippen LogP contribution is -2.06. The van der Waals surface area contributed by atoms with Crippen LogP contribution in [0.15, 0.2) is 24.3 Å². The number of carbonyl (C=O) groups is 1. The molecule has 1 heterocycles. The Labute approximate surface area is 107 Å². The van der Waals surface area contributed by atoms with Crippen LogP contribution in [-0.4, -0.2) is 18.1 Å². The Hall–Kier alpha value is -1.90. The van der Waals surface area contributed by atoms with Crippen molar-refractivity contribution >= 4 is 16.9 Å². The van der Waals surface area contributed by atoms with Crippen molar-refractivity contribution in [2.45, 2.75) is 26.7 Å². The molecule has 0 spiro atoms. The number of aryl methyl sites for hydroxylation is 2. The molecule has 0 unspecified atom stereocenters. The van der Waals surface area contributed by atoms with Gasteiger partial charge in [-0.05, 0) is 30.5 Å². The maximum Gasteiger partial charge on any atom is 0.310 e. The van der Waals surface area contributed by atoms with Gasteiger partial charge >= 0.3 is 5.97 Å². The normalized spacial score (nSPS) is 10.6. The second-order valence-corrected chi connectivity index (χ2v) is 4.34. The zero-order valence-electron chi connectivity index (χ0n) is 11.0. The Balaban J connectivity index is 2.62. The molecule has 0 radical (unpaired) electrons. The number of methoxy groups -OCH3 is 1. The van der Waals surface area contributed by atoms with Gasteiger partial charge in [-0.1, -0.05) is 25.1 Å². The average molecular weight is 243 g/mol. The summed E-state index contributed by atoms with van der Waals surface area (Å²) in [5.41, 5.74) is 4.13. The smallest absolute Gasteiger partial charge is 0.310 e. The molecular weight excluding hydrogens is 226 g/mol. The molecule has 2 aromatic rings. The van der Waals surface area contributed by atoms with E-state index in [2.05, 4.69) is 18.0 Å². The molecule has 0 saturated heterocycles. The highest BCUT2D eigenvalue weighted by atomic mass is 16.5. The Morgan fingerprint density at radius 3 is 2.78 bits per heavy atom. The Morgan fingerprint density at radius 2 is 2.11 bits per heavy atom. The molecule has 1 aromatic carbocycles. The zero-order chi connectivity index (χ0) is 13.1. The van der Waals surface area contributed by atoms with E-state index < -0.39 is 0 Å². The van der Waals surface area contributed by atoms with Crippen LogP contribution >= 0.6 is 0 Å². The maximum atomic E-state index is 11.4. The molecule has 0 N–H and O–H groups in total. The van der Waals surface area contributed by atoms with Gasteiger partial charge in [-0.15, -0.1) is 0 Å². The predicted molar refractivity (Wildman–Crippen MR) is 71.6 cm³/mol. The van der Waals surface area contributed by atoms with Gasteiger partial charge in [0.2, 0.25) is 0 Å². The highest BCUT2D eigenvalue weighted by molar-refractivity contribution is 5.88. The third kappa shape index (κ3) is 2.35. The second-order valence-electron chi connectivity index (χ2n) is 4.34. The van der Waals surface area contributed by atoms with Crippen molar-refractivity contribution in [3.8, 4) is 0 Å². The van der Waals surface area contributed by atoms with Crippen LogP contribution in [0.3, 0.4) is 0 Å². The van der Waals surface area contributed by atoms with E-state index in [1.165, 1.54) is 12.7 Å². The molecular formula is C15H17NO2. The summed E-state index contributed by atoms with van der Waals surface area (Å²) in [5.74, 6) is -0.219. The number of pyridine rings is 1. The number of aromatic nitrogens is 1. The van der Waals surface area contributed by atoms with Crippen molar-refractivity contribution in [1.29, 1.82) is 0 Å². The molecule has 0 amide bonds. The van der Waals surface area contributed by atoms with Gasteiger partial charge in [0.1, 0.15) is 0 Å². The largest absolute Gasteiger partial charge is 0.469 e. The van der Waals surface area contributed by atoms with Crippen LogP contribution in [0, 0.1) is 6.92 Å². The summed E-state index contributed by atoms with van der Waals surface area (Å²) in [6.45, 7) is 4.06. The van der Waals surface area contributed by atoms with E-state index in [-0.39, 0.29) is 5.97 Å². The summed E-state index contributed by atoms with van der Waals surface area (Å²) in [7, 11) is 1.41. The number of esters is 1. The third-order valence-corrected chi connectivity index (χ3v) is 3.08. The minimum absolute atomic E-state index is 0.219. The van der Waals surface area contributed by atoms with Crippen molar-refractivity contribution in [2.75, 3.05) is 7.11 Å². The Morgan fingerprint density at radius 1 is 1.33 bits per heavy atom. The lowest BCUT2D eigenvalue weighted by atomic mass is 10.0. The van der Waals surface area contributed by atoms with Crippen molar-refractivity contribution in [3.05, 3.63) is 41.1 Å². The molecule has 0 saturated carbocycles. The molecule has 18 heavy (non-hydrogen) atoms. The highest BCUT2D eigenvalue weighted by Crippen LogP contribution is 2.22. The van der Waals surface area contributed by atoms with Crippen LogP contribution < -0.4 is 0 Å². The lowest BCUT2D eigenvalue weighted by molar-refractivity contribution is -0.139. The third-order valence-electron chi connectivity index (χ3n) is 3.08. The SMILES string of the molecule is CCc1cccc2c(CC(=O)OC)cc(C)nc12. The van der Waals surface area contributed by atoms with E-state index in [1.54, 1.807) is 0 Å². The number of benzene rings is 1. The molecule has 0 aliphatic rings. The first kappa shape index (κ1) is 12.6. The van der Waals surface area contributed by atoms with Gasteiger partial charge in [-0.2, -0.15) is 0 Å². The van der Waals surface area contributed by atoms with Crippen LogP contribution in [0.25, 0.3) is 10.9 Å². The number of carbonyl (C=O) groups excluding carboxylic acids is 1. The molecule has 0 aliphatic carbocycles. The molecule has 3 heteroatoms. The quantitative estimate of drug-likeness (QED) is 0.778. The van der Waals surface area contributed by atoms with Gasteiger partial charge < -0.3 is 4.74 Å². The minimum Gasteiger partial charge on any atom is -0.469 e. The topological polar surface area (TPSA) is 39.2 Å². The highest BCUT2D eigenvalue weighted by Gasteiger charge is 2.10. The van der Waals surface area contributed by atoms with E-state index in [0.717, 1.165) is 28.6 Å². The molecule has 0 atom stereocenters. The number of ether oxygens (including phenoxy) is 1. The summed E-state index contributed by atoms with van der Waals surface area (Å²) in [5, 5.41) is 1.05. The van der Waals surface area contributed by atoms with Crippen molar-refractivity contribution in [3.63, 3.8) is 0 Å². The minimum atomic E-state index is -0.219. The Bertz CT molecular complexity index is 590. The molecule has 1 aromatic heterocycles. The lowest BCUT2D eigenvalue weighted by Gasteiger charge is -2.09. The molecule has 0 aliphatic heterocycles. The fourth-order valence-electron chi connectivity index (χ4n) is 2.18. The van der Waals surface area contributed by atoms with Crippen LogP contribution in [0.2, 0.25) is 0 Å². The summed E-state index contributed by atoms with van der Waals surface area (Å²) < 4.78 is 4.74. The van der Waals surface area contributed by atoms with E-state index in [4.69, 9.17) is 4.74 Å². The number of hydrogen-bond donors (Lipinski definition) is 0. The van der Waals surface area contributed by atoms with Crippen LogP contribution in [0.4, 0.5) is 0 Å². The summed E-state index contributed by atoms with van der Waals surface area (Å²) in [6.07, 6.45) is 1.23. The van der Waals surface area contributed by atoms with E-state index in [0.29, 0.717) is 6.42 Å². The number of nitrogens with zero attached hydrogens (tertiary/aromatic N) is 1. The van der Waals surface area contributed by atoms with Crippen LogP contribution in [0.1, 0.15) is 23.7 Å². The first-order chi connectivity index (χ1) is 8.65. The second kappa shape index (κ2) is 5.17. The first-order valence-electron chi connectivity index (χ1n) is 6.10. The van der Waals surface area contributed by atoms with Crippen molar-refractivity contribution < 1.29 is 9.53 Å². The van der Waals surface area contributed by atoms with Gasteiger partial charge in [0.15, 0.2) is 0 Å². The zero-order valence-corrected chi connectivity index (χ0v) is 11.0. The van der Waals surface area contributed by atoms with Crippen LogP contribution in [-0.2, 0) is 22.4 Å². The first-order valence-corrected chi connectivity index (χ1v) is 6.10. The summed E-state index contributed by atoms with van der Waals surface area (Å²) in [4.78, 5) is 16.0. The summed E-state index contributed by atoms with van der Waals surface area (Å²) in [6, 6.07) is 8.06. The molecule has 0 fully saturated rings. The average Bonchev–Trinajstić information content (AvgIpc) is 2.37. The molecule has 2 rings (SSSR count). The van der Waals surface area contributed by atoms with Gasteiger partial charge in [-0.25, -0.2) is 0 Å². The predicted octanol–water partition coefficient (Wildman–Crippen LogP) is 2.82. The monoisotopic (exact) mass is 243 g/mol. The van der Waals surface area contributed by atoms with Gasteiger partial charge in [-0.3, -0.25) is 9.78 Å². The maximum absolute atomic E-state index is 11.4. The summed E-state index contributed by atoms with van der Waals surface area (Å²) >= 11 is 0. The standard InChI is InChI=1S/C15H17NO2/c1-4-11-6-5-7-13-12(9-14(17)18-3)8-10(2)16-15(11)13/h5-8H,4,9H2,1-3H3. The molecule has 94 valence electrons. The van der Waals surface area contributed by atoms with E-state index >= 15 is 0 Å². The molecule has 0 bridgehead atoms. The van der Waals surface area contributed by atoms with Crippen molar-refractivity contribution in [2.24, 2.45) is 0 Å². The number of fused-ring (bicyclic) bond motifs is 1. The van der Waals surface area contributed by atoms with Gasteiger partial charge in [0, 0.05) is 11.1 Å². The number of hydrogen-bond acceptors (Lipinski definition) is 3. The fourth-order valence-corrected chi connectivity index (χ4v) is 2.18. The number of para-hydroxylation sites is 1.